The molecule has 0 bridgehead atoms. The molecule has 8 heteroatoms. The van der Waals surface area contributed by atoms with E-state index in [1.165, 1.54) is 51.4 Å². The van der Waals surface area contributed by atoms with Crippen LogP contribution in [0.15, 0.2) is 12.1 Å². The second-order valence-corrected chi connectivity index (χ2v) is 15.3. The Morgan fingerprint density at radius 2 is 0.750 bits per heavy atom. The van der Waals surface area contributed by atoms with Crippen LogP contribution in [-0.2, 0) is 25.0 Å². The fourth-order valence-corrected chi connectivity index (χ4v) is 5.03. The van der Waals surface area contributed by atoms with Crippen LogP contribution in [0.4, 0.5) is 0 Å². The van der Waals surface area contributed by atoms with Crippen LogP contribution in [0.1, 0.15) is 153 Å². The van der Waals surface area contributed by atoms with Gasteiger partial charge in [0.1, 0.15) is 0 Å². The van der Waals surface area contributed by atoms with E-state index in [0.29, 0.717) is 11.1 Å². The van der Waals surface area contributed by atoms with Crippen molar-refractivity contribution in [1.82, 2.24) is 0 Å². The van der Waals surface area contributed by atoms with Crippen molar-refractivity contribution in [2.75, 3.05) is 39.6 Å². The summed E-state index contributed by atoms with van der Waals surface area (Å²) in [5.74, 6) is -0.0162. The molecule has 0 radical (unpaired) electrons. The molecule has 3 aliphatic heterocycles. The number of hydrogen-bond acceptors (Lipinski definition) is 5. The summed E-state index contributed by atoms with van der Waals surface area (Å²) in [6.07, 6.45) is 12.2. The number of hydrogen-bond donors (Lipinski definition) is 0. The zero-order valence-corrected chi connectivity index (χ0v) is 38.0. The van der Waals surface area contributed by atoms with Gasteiger partial charge in [-0.05, 0) is 122 Å². The van der Waals surface area contributed by atoms with E-state index >= 15 is 0 Å². The molecule has 5 rings (SSSR count). The first-order valence-corrected chi connectivity index (χ1v) is 19.0. The van der Waals surface area contributed by atoms with Gasteiger partial charge in [0.15, 0.2) is 0 Å². The average Bonchev–Trinajstić information content (AvgIpc) is 3.88. The Kier molecular flexibility index (Phi) is 36.1. The predicted octanol–water partition coefficient (Wildman–Crippen LogP) is 4.59. The zero-order chi connectivity index (χ0) is 37.6. The fourth-order valence-electron chi connectivity index (χ4n) is 5.03. The van der Waals surface area contributed by atoms with Gasteiger partial charge in [-0.1, -0.05) is 91.9 Å². The Labute approximate surface area is 362 Å². The van der Waals surface area contributed by atoms with Gasteiger partial charge in [0.25, 0.3) is 0 Å². The molecule has 0 aromatic heterocycles. The maximum atomic E-state index is 13.4. The van der Waals surface area contributed by atoms with Crippen LogP contribution < -0.4 is 47.9 Å². The topological polar surface area (TPSA) is 73.8 Å². The third-order valence-corrected chi connectivity index (χ3v) is 8.65. The van der Waals surface area contributed by atoms with Crippen molar-refractivity contribution in [3.05, 3.63) is 59.4 Å². The number of aryl methyl sites for hydroxylation is 2. The maximum absolute atomic E-state index is 13.4. The molecule has 0 unspecified atom stereocenters. The van der Waals surface area contributed by atoms with Crippen LogP contribution in [0.25, 0.3) is 11.1 Å². The number of ether oxygens (including phenoxy) is 3. The van der Waals surface area contributed by atoms with E-state index in [0.717, 1.165) is 85.9 Å². The molecule has 3 aliphatic rings. The average molecular weight is 721 g/mol. The molecule has 0 saturated carbocycles. The van der Waals surface area contributed by atoms with Crippen LogP contribution in [0.3, 0.4) is 0 Å². The van der Waals surface area contributed by atoms with E-state index in [9.17, 15) is 10.2 Å². The van der Waals surface area contributed by atoms with Crippen molar-refractivity contribution in [1.29, 1.82) is 0 Å². The minimum absolute atomic E-state index is 0. The molecule has 0 N–H and O–H groups in total. The largest absolute Gasteiger partial charge is 2.00 e. The molecule has 2 aromatic carbocycles. The van der Waals surface area contributed by atoms with E-state index < -0.39 is 0 Å². The smallest absolute Gasteiger partial charge is 0.872 e. The van der Waals surface area contributed by atoms with Crippen molar-refractivity contribution in [3.8, 4) is 22.6 Å². The number of unbranched alkanes of at least 4 members (excludes halogenated alkanes) is 2. The monoisotopic (exact) mass is 721 g/mol. The molecule has 0 spiro atoms. The van der Waals surface area contributed by atoms with Gasteiger partial charge in [0.2, 0.25) is 0 Å². The van der Waals surface area contributed by atoms with Crippen molar-refractivity contribution in [2.45, 2.75) is 158 Å². The Morgan fingerprint density at radius 3 is 0.885 bits per heavy atom. The van der Waals surface area contributed by atoms with E-state index in [-0.39, 0.29) is 83.1 Å². The molecule has 3 fully saturated rings. The quantitative estimate of drug-likeness (QED) is 0.343. The molecule has 3 saturated heterocycles. The van der Waals surface area contributed by atoms with Crippen LogP contribution in [0, 0.1) is 41.5 Å². The minimum Gasteiger partial charge on any atom is -0.872 e. The summed E-state index contributed by atoms with van der Waals surface area (Å²) in [5, 5.41) is 26.9. The van der Waals surface area contributed by atoms with E-state index in [1.54, 1.807) is 0 Å². The Hall–Kier alpha value is -0.119. The molecular formula is C44H74Li2MgO5. The van der Waals surface area contributed by atoms with Gasteiger partial charge >= 0.3 is 60.8 Å². The zero-order valence-electron chi connectivity index (χ0n) is 36.6. The summed E-state index contributed by atoms with van der Waals surface area (Å²) < 4.78 is 14.8. The second-order valence-electron chi connectivity index (χ2n) is 15.3. The van der Waals surface area contributed by atoms with Crippen LogP contribution in [0.5, 0.6) is 11.5 Å². The number of benzene rings is 2. The van der Waals surface area contributed by atoms with E-state index in [1.807, 2.05) is 81.4 Å². The van der Waals surface area contributed by atoms with Gasteiger partial charge in [-0.2, -0.15) is 12.8 Å². The Balaban J connectivity index is -0.000000356. The summed E-state index contributed by atoms with van der Waals surface area (Å²) in [7, 11) is 0. The van der Waals surface area contributed by atoms with Crippen molar-refractivity contribution >= 4 is 23.1 Å². The first kappa shape index (κ1) is 58.6. The molecule has 3 heterocycles. The molecule has 0 amide bonds. The van der Waals surface area contributed by atoms with Crippen molar-refractivity contribution in [2.24, 2.45) is 0 Å². The van der Waals surface area contributed by atoms with Crippen LogP contribution >= 0.6 is 0 Å². The SMILES string of the molecule is C1CCOC1.C1CCOC1.C1CCOC1.Cc1cc(C(C)(C)C)c([O-])c(-c2c(C)c(C)cc(C(C)(C)C)c2[O-])c1C.[CH2-]CCC.[CH2-]CCC.[Li+].[Li+].[Mg+2]. The van der Waals surface area contributed by atoms with Crippen molar-refractivity contribution < 1.29 is 62.1 Å². The molecule has 2 aromatic rings. The number of rotatable bonds is 3. The summed E-state index contributed by atoms with van der Waals surface area (Å²) in [4.78, 5) is 0. The van der Waals surface area contributed by atoms with Crippen molar-refractivity contribution in [3.63, 3.8) is 0 Å². The van der Waals surface area contributed by atoms with Gasteiger partial charge in [0.05, 0.1) is 0 Å². The Bertz CT molecular complexity index is 1050. The normalized spacial score (nSPS) is 14.3. The third kappa shape index (κ3) is 22.4. The van der Waals surface area contributed by atoms with Crippen LogP contribution in [-0.4, -0.2) is 62.7 Å². The summed E-state index contributed by atoms with van der Waals surface area (Å²) >= 11 is 0. The standard InChI is InChI=1S/C24H34O2.3C4H8O.2C4H9.2Li.Mg/c1-13-11-17(23(5,6)7)21(25)19(15(13)3)20-16(4)14(2)12-18(22(20)26)24(8,9)10;3*1-2-4-5-3-1;2*1-3-4-2;;;/h11-12,25-26H,1-10H3;3*1-4H2;2*1,3-4H2,2H3;;;/q;;;;2*-1;2*+1;+2/p-2. The van der Waals surface area contributed by atoms with Gasteiger partial charge in [-0.25, -0.2) is 0 Å². The summed E-state index contributed by atoms with van der Waals surface area (Å²) in [6, 6.07) is 3.98. The van der Waals surface area contributed by atoms with E-state index in [2.05, 4.69) is 27.7 Å². The minimum atomic E-state index is -0.266. The van der Waals surface area contributed by atoms with Crippen LogP contribution in [0.2, 0.25) is 0 Å². The molecule has 5 nitrogen and oxygen atoms in total. The second kappa shape index (κ2) is 32.0. The van der Waals surface area contributed by atoms with Gasteiger partial charge in [-0.15, -0.1) is 0 Å². The molecule has 284 valence electrons. The van der Waals surface area contributed by atoms with E-state index in [4.69, 9.17) is 14.2 Å². The Morgan fingerprint density at radius 1 is 0.538 bits per heavy atom. The van der Waals surface area contributed by atoms with Gasteiger partial charge in [-0.3, -0.25) is 0 Å². The molecule has 52 heavy (non-hydrogen) atoms. The van der Waals surface area contributed by atoms with Gasteiger partial charge in [0, 0.05) is 39.6 Å². The molecular weight excluding hydrogens is 647 g/mol. The third-order valence-electron chi connectivity index (χ3n) is 8.65. The first-order valence-electron chi connectivity index (χ1n) is 19.0. The summed E-state index contributed by atoms with van der Waals surface area (Å²) in [5.41, 5.74) is 6.13. The fraction of sp³-hybridized carbons (Fsp3) is 0.682. The van der Waals surface area contributed by atoms with Gasteiger partial charge < -0.3 is 38.3 Å². The predicted molar refractivity (Wildman–Crippen MR) is 214 cm³/mol. The maximum Gasteiger partial charge on any atom is 2.00 e. The summed E-state index contributed by atoms with van der Waals surface area (Å²) in [6.45, 7) is 37.7. The first-order chi connectivity index (χ1) is 23.0. The molecule has 0 aliphatic carbocycles. The molecule has 0 atom stereocenters.